The highest BCUT2D eigenvalue weighted by atomic mass is 16.4. The quantitative estimate of drug-likeness (QED) is 0.246. The highest BCUT2D eigenvalue weighted by Gasteiger charge is 2.13. The lowest BCUT2D eigenvalue weighted by atomic mass is 9.97. The lowest BCUT2D eigenvalue weighted by Gasteiger charge is -2.09. The number of rotatable bonds is 9. The molecule has 0 heterocycles. The summed E-state index contributed by atoms with van der Waals surface area (Å²) in [4.78, 5) is 24.7. The molecule has 27 heavy (non-hydrogen) atoms. The molecular weight excluding hydrogens is 348 g/mol. The molecule has 8 N–H and O–H groups in total. The first-order valence-electron chi connectivity index (χ1n) is 8.90. The van der Waals surface area contributed by atoms with Gasteiger partial charge in [-0.2, -0.15) is 0 Å². The molecule has 8 nitrogen and oxygen atoms in total. The Hall–Kier alpha value is -2.61. The topological polar surface area (TPSA) is 165 Å². The summed E-state index contributed by atoms with van der Waals surface area (Å²) < 4.78 is 0. The fourth-order valence-corrected chi connectivity index (χ4v) is 2.20. The lowest BCUT2D eigenvalue weighted by molar-refractivity contribution is -0.139. The van der Waals surface area contributed by atoms with Crippen LogP contribution in [0, 0.1) is 5.92 Å². The van der Waals surface area contributed by atoms with E-state index >= 15 is 0 Å². The van der Waals surface area contributed by atoms with Crippen molar-refractivity contribution in [2.24, 2.45) is 28.1 Å². The van der Waals surface area contributed by atoms with Crippen molar-refractivity contribution in [2.75, 3.05) is 6.54 Å². The molecule has 0 amide bonds. The van der Waals surface area contributed by atoms with E-state index < -0.39 is 23.9 Å². The van der Waals surface area contributed by atoms with Gasteiger partial charge in [0, 0.05) is 6.54 Å². The van der Waals surface area contributed by atoms with Crippen LogP contribution in [0.25, 0.3) is 0 Å². The largest absolute Gasteiger partial charge is 0.481 e. The molecule has 1 unspecified atom stereocenters. The minimum Gasteiger partial charge on any atom is -0.481 e. The second-order valence-corrected chi connectivity index (χ2v) is 6.79. The number of carbonyl (C=O) groups is 2. The molecule has 0 saturated carbocycles. The van der Waals surface area contributed by atoms with Crippen LogP contribution in [0.1, 0.15) is 50.7 Å². The van der Waals surface area contributed by atoms with Gasteiger partial charge in [0.05, 0.1) is 5.92 Å². The summed E-state index contributed by atoms with van der Waals surface area (Å²) in [5, 5.41) is 17.2. The summed E-state index contributed by atoms with van der Waals surface area (Å²) in [6, 6.07) is 7.05. The maximum absolute atomic E-state index is 10.8. The van der Waals surface area contributed by atoms with Gasteiger partial charge >= 0.3 is 11.9 Å². The van der Waals surface area contributed by atoms with Gasteiger partial charge < -0.3 is 27.4 Å². The summed E-state index contributed by atoms with van der Waals surface area (Å²) in [6.45, 7) is 6.48. The first kappa shape index (κ1) is 24.4. The van der Waals surface area contributed by atoms with Gasteiger partial charge in [-0.25, -0.2) is 0 Å². The van der Waals surface area contributed by atoms with E-state index in [-0.39, 0.29) is 5.96 Å². The summed E-state index contributed by atoms with van der Waals surface area (Å²) in [6.07, 6.45) is 2.00. The zero-order valence-corrected chi connectivity index (χ0v) is 16.3. The van der Waals surface area contributed by atoms with E-state index in [1.54, 1.807) is 6.92 Å². The van der Waals surface area contributed by atoms with Gasteiger partial charge in [-0.15, -0.1) is 0 Å². The maximum Gasteiger partial charge on any atom is 0.320 e. The number of nitrogens with zero attached hydrogens (tertiary/aromatic N) is 1. The van der Waals surface area contributed by atoms with E-state index in [0.717, 1.165) is 12.0 Å². The third-order valence-electron chi connectivity index (χ3n) is 3.78. The van der Waals surface area contributed by atoms with Crippen molar-refractivity contribution in [2.45, 2.75) is 52.0 Å². The van der Waals surface area contributed by atoms with E-state index in [0.29, 0.717) is 25.3 Å². The molecule has 1 aromatic carbocycles. The Balaban J connectivity index is 0.000000516. The predicted molar refractivity (Wildman–Crippen MR) is 107 cm³/mol. The highest BCUT2D eigenvalue weighted by molar-refractivity contribution is 5.76. The van der Waals surface area contributed by atoms with E-state index in [9.17, 15) is 9.59 Å². The van der Waals surface area contributed by atoms with Crippen LogP contribution in [0.15, 0.2) is 29.3 Å². The lowest BCUT2D eigenvalue weighted by Crippen LogP contribution is -2.30. The van der Waals surface area contributed by atoms with E-state index in [1.165, 1.54) is 5.56 Å². The molecule has 0 aliphatic carbocycles. The van der Waals surface area contributed by atoms with Gasteiger partial charge in [-0.1, -0.05) is 38.1 Å². The number of aliphatic carboxylic acids is 2. The van der Waals surface area contributed by atoms with Crippen molar-refractivity contribution < 1.29 is 19.8 Å². The zero-order valence-electron chi connectivity index (χ0n) is 16.3. The Morgan fingerprint density at radius 2 is 1.59 bits per heavy atom. The molecule has 0 bridgehead atoms. The van der Waals surface area contributed by atoms with Crippen molar-refractivity contribution in [3.8, 4) is 0 Å². The number of hydrogen-bond donors (Lipinski definition) is 5. The molecule has 0 fully saturated rings. The van der Waals surface area contributed by atoms with Crippen LogP contribution in [0.2, 0.25) is 0 Å². The minimum absolute atomic E-state index is 0.0129. The van der Waals surface area contributed by atoms with Gasteiger partial charge in [-0.05, 0) is 43.2 Å². The summed E-state index contributed by atoms with van der Waals surface area (Å²) >= 11 is 0. The predicted octanol–water partition coefficient (Wildman–Crippen LogP) is 1.53. The number of carboxylic acids is 2. The average molecular weight is 380 g/mol. The van der Waals surface area contributed by atoms with E-state index in [1.807, 2.05) is 24.3 Å². The van der Waals surface area contributed by atoms with Crippen LogP contribution in [-0.2, 0) is 16.0 Å². The Kier molecular flexibility index (Phi) is 11.5. The third-order valence-corrected chi connectivity index (χ3v) is 3.78. The van der Waals surface area contributed by atoms with Gasteiger partial charge in [-0.3, -0.25) is 14.6 Å². The van der Waals surface area contributed by atoms with Gasteiger partial charge in [0.2, 0.25) is 0 Å². The standard InChI is InChI=1S/C13H18O2.C6H14N4O2/c1-9(2)8-11-4-6-12(7-5-11)10(3)13(14)15;7-4(5(11)12)2-1-3-10-6(8)9/h4-7,9-10H,8H2,1-3H3,(H,14,15);4H,1-3,7H2,(H,11,12)(H4,8,9,10)/t;4-/m.1/s1. The van der Waals surface area contributed by atoms with Crippen LogP contribution in [0.3, 0.4) is 0 Å². The van der Waals surface area contributed by atoms with Gasteiger partial charge in [0.1, 0.15) is 6.04 Å². The van der Waals surface area contributed by atoms with Crippen LogP contribution < -0.4 is 17.2 Å². The number of guanidine groups is 1. The van der Waals surface area contributed by atoms with Crippen molar-refractivity contribution in [3.63, 3.8) is 0 Å². The number of benzene rings is 1. The molecular formula is C19H32N4O4. The average Bonchev–Trinajstić information content (AvgIpc) is 2.58. The zero-order chi connectivity index (χ0) is 21.0. The fraction of sp³-hybridized carbons (Fsp3) is 0.526. The molecule has 0 aliphatic rings. The van der Waals surface area contributed by atoms with E-state index in [2.05, 4.69) is 18.8 Å². The Morgan fingerprint density at radius 3 is 2.00 bits per heavy atom. The molecule has 0 radical (unpaired) electrons. The molecule has 2 atom stereocenters. The molecule has 0 saturated heterocycles. The molecule has 8 heteroatoms. The smallest absolute Gasteiger partial charge is 0.320 e. The molecule has 0 spiro atoms. The Labute approximate surface area is 160 Å². The second-order valence-electron chi connectivity index (χ2n) is 6.79. The SMILES string of the molecule is CC(C)Cc1ccc(C(C)C(=O)O)cc1.NC(N)=NCCC[C@@H](N)C(=O)O. The first-order valence-corrected chi connectivity index (χ1v) is 8.90. The summed E-state index contributed by atoms with van der Waals surface area (Å²) in [5.41, 5.74) is 17.5. The van der Waals surface area contributed by atoms with Crippen molar-refractivity contribution in [3.05, 3.63) is 35.4 Å². The Bertz CT molecular complexity index is 611. The van der Waals surface area contributed by atoms with Crippen LogP contribution in [0.4, 0.5) is 0 Å². The van der Waals surface area contributed by atoms with Crippen molar-refractivity contribution in [1.82, 2.24) is 0 Å². The monoisotopic (exact) mass is 380 g/mol. The normalized spacial score (nSPS) is 12.5. The van der Waals surface area contributed by atoms with E-state index in [4.69, 9.17) is 27.4 Å². The number of aliphatic imine (C=N–C) groups is 1. The molecule has 1 aromatic rings. The van der Waals surface area contributed by atoms with Crippen LogP contribution in [-0.4, -0.2) is 40.7 Å². The number of hydrogen-bond acceptors (Lipinski definition) is 4. The summed E-state index contributed by atoms with van der Waals surface area (Å²) in [5.74, 6) is -1.55. The molecule has 0 aromatic heterocycles. The molecule has 152 valence electrons. The van der Waals surface area contributed by atoms with Crippen LogP contribution in [0.5, 0.6) is 0 Å². The second kappa shape index (κ2) is 12.7. The Morgan fingerprint density at radius 1 is 1.04 bits per heavy atom. The van der Waals surface area contributed by atoms with Gasteiger partial charge in [0.25, 0.3) is 0 Å². The fourth-order valence-electron chi connectivity index (χ4n) is 2.20. The highest BCUT2D eigenvalue weighted by Crippen LogP contribution is 2.17. The molecule has 1 rings (SSSR count). The first-order chi connectivity index (χ1) is 12.5. The summed E-state index contributed by atoms with van der Waals surface area (Å²) in [7, 11) is 0. The molecule has 0 aliphatic heterocycles. The number of nitrogens with two attached hydrogens (primary N) is 3. The minimum atomic E-state index is -1.00. The van der Waals surface area contributed by atoms with Crippen molar-refractivity contribution >= 4 is 17.9 Å². The van der Waals surface area contributed by atoms with Crippen molar-refractivity contribution in [1.29, 1.82) is 0 Å². The third kappa shape index (κ3) is 11.6. The maximum atomic E-state index is 10.8. The van der Waals surface area contributed by atoms with Gasteiger partial charge in [0.15, 0.2) is 5.96 Å². The number of carboxylic acid groups (broad SMARTS) is 2. The van der Waals surface area contributed by atoms with Crippen LogP contribution >= 0.6 is 0 Å².